The van der Waals surface area contributed by atoms with Crippen LogP contribution in [0.1, 0.15) is 33.1 Å². The van der Waals surface area contributed by atoms with E-state index in [1.165, 1.54) is 0 Å². The maximum atomic E-state index is 12.0. The number of rotatable bonds is 1. The van der Waals surface area contributed by atoms with Gasteiger partial charge in [-0.25, -0.2) is 0 Å². The van der Waals surface area contributed by atoms with Crippen LogP contribution in [0.15, 0.2) is 0 Å². The number of nitrogens with zero attached hydrogens (tertiary/aromatic N) is 1. The van der Waals surface area contributed by atoms with Gasteiger partial charge in [-0.15, -0.1) is 0 Å². The minimum absolute atomic E-state index is 0.163. The topological polar surface area (TPSA) is 61.4 Å². The number of carbonyl (C=O) groups excluding carboxylic acids is 2. The van der Waals surface area contributed by atoms with Gasteiger partial charge in [-0.1, -0.05) is 13.8 Å². The van der Waals surface area contributed by atoms with E-state index in [-0.39, 0.29) is 11.9 Å². The van der Waals surface area contributed by atoms with Crippen LogP contribution in [0.3, 0.4) is 0 Å². The third kappa shape index (κ3) is 3.69. The molecule has 2 aliphatic rings. The molecule has 0 aromatic carbocycles. The summed E-state index contributed by atoms with van der Waals surface area (Å²) in [7, 11) is 0. The molecule has 19 heavy (non-hydrogen) atoms. The standard InChI is InChI=1S/C14H25N3O2/c1-10-3-4-12(11(2)9-10)16-13(18)14(19)17-7-5-15-6-8-17/h10-12,15H,3-9H2,1-2H3,(H,16,18). The van der Waals surface area contributed by atoms with Crippen LogP contribution in [0.5, 0.6) is 0 Å². The van der Waals surface area contributed by atoms with E-state index in [9.17, 15) is 9.59 Å². The molecule has 1 saturated carbocycles. The Morgan fingerprint density at radius 2 is 1.84 bits per heavy atom. The molecule has 5 heteroatoms. The first-order chi connectivity index (χ1) is 9.08. The van der Waals surface area contributed by atoms with Crippen molar-refractivity contribution in [3.63, 3.8) is 0 Å². The molecule has 2 N–H and O–H groups in total. The second kappa shape index (κ2) is 6.37. The van der Waals surface area contributed by atoms with Gasteiger partial charge in [0.05, 0.1) is 0 Å². The molecule has 2 rings (SSSR count). The summed E-state index contributed by atoms with van der Waals surface area (Å²) in [6, 6.07) is 0.163. The number of hydrogen-bond acceptors (Lipinski definition) is 3. The Kier molecular flexibility index (Phi) is 4.80. The van der Waals surface area contributed by atoms with E-state index in [2.05, 4.69) is 24.5 Å². The van der Waals surface area contributed by atoms with Crippen LogP contribution in [0.4, 0.5) is 0 Å². The number of carbonyl (C=O) groups is 2. The molecule has 2 fully saturated rings. The lowest BCUT2D eigenvalue weighted by atomic mass is 9.80. The van der Waals surface area contributed by atoms with Gasteiger partial charge in [0.2, 0.25) is 0 Å². The van der Waals surface area contributed by atoms with Gasteiger partial charge in [0.25, 0.3) is 0 Å². The molecule has 0 radical (unpaired) electrons. The van der Waals surface area contributed by atoms with Crippen LogP contribution in [0.25, 0.3) is 0 Å². The van der Waals surface area contributed by atoms with Crippen molar-refractivity contribution in [3.8, 4) is 0 Å². The second-order valence-electron chi connectivity index (χ2n) is 6.02. The van der Waals surface area contributed by atoms with Gasteiger partial charge in [-0.2, -0.15) is 0 Å². The van der Waals surface area contributed by atoms with E-state index < -0.39 is 5.91 Å². The second-order valence-corrected chi connectivity index (χ2v) is 6.02. The summed E-state index contributed by atoms with van der Waals surface area (Å²) < 4.78 is 0. The highest BCUT2D eigenvalue weighted by molar-refractivity contribution is 6.35. The van der Waals surface area contributed by atoms with Crippen LogP contribution in [-0.4, -0.2) is 48.9 Å². The average molecular weight is 267 g/mol. The van der Waals surface area contributed by atoms with Crippen LogP contribution in [-0.2, 0) is 9.59 Å². The van der Waals surface area contributed by atoms with Crippen molar-refractivity contribution in [2.45, 2.75) is 39.2 Å². The summed E-state index contributed by atoms with van der Waals surface area (Å²) in [5.41, 5.74) is 0. The highest BCUT2D eigenvalue weighted by Gasteiger charge is 2.30. The lowest BCUT2D eigenvalue weighted by Gasteiger charge is -2.34. The number of hydrogen-bond donors (Lipinski definition) is 2. The molecule has 0 aromatic rings. The molecule has 1 aliphatic heterocycles. The van der Waals surface area contributed by atoms with Crippen molar-refractivity contribution >= 4 is 11.8 Å². The summed E-state index contributed by atoms with van der Waals surface area (Å²) in [6.07, 6.45) is 3.26. The first-order valence-corrected chi connectivity index (χ1v) is 7.38. The van der Waals surface area contributed by atoms with Crippen LogP contribution in [0, 0.1) is 11.8 Å². The quantitative estimate of drug-likeness (QED) is 0.674. The molecule has 108 valence electrons. The van der Waals surface area contributed by atoms with Crippen LogP contribution in [0.2, 0.25) is 0 Å². The maximum absolute atomic E-state index is 12.0. The fourth-order valence-electron chi connectivity index (χ4n) is 3.12. The fourth-order valence-corrected chi connectivity index (χ4v) is 3.12. The largest absolute Gasteiger partial charge is 0.345 e. The van der Waals surface area contributed by atoms with Gasteiger partial charge in [-0.05, 0) is 31.1 Å². The Morgan fingerprint density at radius 3 is 2.47 bits per heavy atom. The molecule has 2 amide bonds. The third-order valence-corrected chi connectivity index (χ3v) is 4.35. The first-order valence-electron chi connectivity index (χ1n) is 7.38. The Morgan fingerprint density at radius 1 is 1.16 bits per heavy atom. The molecule has 3 unspecified atom stereocenters. The highest BCUT2D eigenvalue weighted by atomic mass is 16.2. The van der Waals surface area contributed by atoms with Crippen LogP contribution < -0.4 is 10.6 Å². The maximum Gasteiger partial charge on any atom is 0.311 e. The Labute approximate surface area is 115 Å². The van der Waals surface area contributed by atoms with Gasteiger partial charge in [0, 0.05) is 32.2 Å². The summed E-state index contributed by atoms with van der Waals surface area (Å²) in [5.74, 6) is 0.399. The number of piperazine rings is 1. The van der Waals surface area contributed by atoms with Crippen molar-refractivity contribution < 1.29 is 9.59 Å². The molecule has 5 nitrogen and oxygen atoms in total. The molecular weight excluding hydrogens is 242 g/mol. The lowest BCUT2D eigenvalue weighted by molar-refractivity contribution is -0.146. The predicted molar refractivity (Wildman–Crippen MR) is 73.6 cm³/mol. The molecule has 1 heterocycles. The third-order valence-electron chi connectivity index (χ3n) is 4.35. The zero-order valence-corrected chi connectivity index (χ0v) is 11.9. The highest BCUT2D eigenvalue weighted by Crippen LogP contribution is 2.28. The Balaban J connectivity index is 1.84. The fraction of sp³-hybridized carbons (Fsp3) is 0.857. The van der Waals surface area contributed by atoms with Crippen molar-refractivity contribution in [2.75, 3.05) is 26.2 Å². The van der Waals surface area contributed by atoms with Gasteiger partial charge >= 0.3 is 11.8 Å². The van der Waals surface area contributed by atoms with E-state index >= 15 is 0 Å². The zero-order chi connectivity index (χ0) is 13.8. The van der Waals surface area contributed by atoms with Crippen molar-refractivity contribution in [1.82, 2.24) is 15.5 Å². The summed E-state index contributed by atoms with van der Waals surface area (Å²) >= 11 is 0. The summed E-state index contributed by atoms with van der Waals surface area (Å²) in [4.78, 5) is 25.7. The molecule has 0 bridgehead atoms. The van der Waals surface area contributed by atoms with Gasteiger partial charge in [0.15, 0.2) is 0 Å². The zero-order valence-electron chi connectivity index (χ0n) is 11.9. The molecule has 0 aromatic heterocycles. The van der Waals surface area contributed by atoms with E-state index in [1.54, 1.807) is 4.90 Å². The van der Waals surface area contributed by atoms with E-state index in [0.717, 1.165) is 38.3 Å². The van der Waals surface area contributed by atoms with Crippen LogP contribution >= 0.6 is 0 Å². The SMILES string of the molecule is CC1CCC(NC(=O)C(=O)N2CCNCC2)C(C)C1. The molecule has 1 aliphatic carbocycles. The smallest absolute Gasteiger partial charge is 0.311 e. The summed E-state index contributed by atoms with van der Waals surface area (Å²) in [6.45, 7) is 7.22. The number of nitrogens with one attached hydrogen (secondary N) is 2. The van der Waals surface area contributed by atoms with Crippen molar-refractivity contribution in [1.29, 1.82) is 0 Å². The molecule has 3 atom stereocenters. The van der Waals surface area contributed by atoms with Gasteiger partial charge in [0.1, 0.15) is 0 Å². The van der Waals surface area contributed by atoms with Gasteiger partial charge in [-0.3, -0.25) is 9.59 Å². The van der Waals surface area contributed by atoms with E-state index in [1.807, 2.05) is 0 Å². The Hall–Kier alpha value is -1.10. The average Bonchev–Trinajstić information content (AvgIpc) is 2.42. The Bertz CT molecular complexity index is 340. The van der Waals surface area contributed by atoms with E-state index in [4.69, 9.17) is 0 Å². The monoisotopic (exact) mass is 267 g/mol. The first kappa shape index (κ1) is 14.3. The lowest BCUT2D eigenvalue weighted by Crippen LogP contribution is -2.53. The van der Waals surface area contributed by atoms with Gasteiger partial charge < -0.3 is 15.5 Å². The molecule has 0 spiro atoms. The summed E-state index contributed by atoms with van der Waals surface area (Å²) in [5, 5.41) is 6.11. The molecule has 1 saturated heterocycles. The minimum Gasteiger partial charge on any atom is -0.345 e. The minimum atomic E-state index is -0.423. The normalized spacial score (nSPS) is 31.9. The predicted octanol–water partition coefficient (Wildman–Crippen LogP) is 0.359. The molecular formula is C14H25N3O2. The van der Waals surface area contributed by atoms with Crippen molar-refractivity contribution in [3.05, 3.63) is 0 Å². The number of amides is 2. The van der Waals surface area contributed by atoms with Crippen molar-refractivity contribution in [2.24, 2.45) is 11.8 Å². The van der Waals surface area contributed by atoms with E-state index in [0.29, 0.717) is 19.0 Å².